The predicted molar refractivity (Wildman–Crippen MR) is 88.0 cm³/mol. The quantitative estimate of drug-likeness (QED) is 0.569. The average Bonchev–Trinajstić information content (AvgIpc) is 2.47. The monoisotopic (exact) mass is 325 g/mol. The number of nitrogens with zero attached hydrogens (tertiary/aromatic N) is 1. The van der Waals surface area contributed by atoms with Crippen molar-refractivity contribution in [3.05, 3.63) is 28.8 Å². The summed E-state index contributed by atoms with van der Waals surface area (Å²) in [5.74, 6) is 0.605. The summed E-state index contributed by atoms with van der Waals surface area (Å²) in [6.07, 6.45) is 3.43. The van der Waals surface area contributed by atoms with Crippen molar-refractivity contribution < 1.29 is 14.3 Å². The molecule has 1 aromatic rings. The maximum atomic E-state index is 11.0. The molecule has 0 amide bonds. The van der Waals surface area contributed by atoms with Crippen molar-refractivity contribution in [2.45, 2.75) is 38.9 Å². The summed E-state index contributed by atoms with van der Waals surface area (Å²) in [5.41, 5.74) is 0.503. The molecule has 4 nitrogen and oxygen atoms in total. The van der Waals surface area contributed by atoms with Gasteiger partial charge in [-0.2, -0.15) is 0 Å². The average molecular weight is 326 g/mol. The van der Waals surface area contributed by atoms with Crippen LogP contribution in [0.4, 0.5) is 0 Å². The molecule has 0 aromatic heterocycles. The molecular weight excluding hydrogens is 302 g/mol. The van der Waals surface area contributed by atoms with E-state index < -0.39 is 0 Å². The van der Waals surface area contributed by atoms with Crippen molar-refractivity contribution in [1.29, 1.82) is 0 Å². The first-order chi connectivity index (χ1) is 10.6. The number of carbonyl (C=O) groups is 1. The van der Waals surface area contributed by atoms with E-state index in [1.165, 1.54) is 0 Å². The maximum Gasteiger partial charge on any atom is 0.153 e. The minimum atomic E-state index is 0.309. The number of rotatable bonds is 7. The van der Waals surface area contributed by atoms with Crippen LogP contribution in [0.1, 0.15) is 37.0 Å². The summed E-state index contributed by atoms with van der Waals surface area (Å²) in [6.45, 7) is 7.90. The highest BCUT2D eigenvalue weighted by atomic mass is 35.5. The Bertz CT molecular complexity index is 485. The zero-order valence-electron chi connectivity index (χ0n) is 13.3. The van der Waals surface area contributed by atoms with E-state index in [9.17, 15) is 4.79 Å². The van der Waals surface area contributed by atoms with Gasteiger partial charge in [0.15, 0.2) is 6.29 Å². The van der Waals surface area contributed by atoms with Crippen LogP contribution in [0, 0.1) is 0 Å². The van der Waals surface area contributed by atoms with Crippen LogP contribution in [0.3, 0.4) is 0 Å². The van der Waals surface area contributed by atoms with Gasteiger partial charge >= 0.3 is 0 Å². The molecule has 1 aliphatic rings. The van der Waals surface area contributed by atoms with Crippen LogP contribution in [0.15, 0.2) is 18.2 Å². The van der Waals surface area contributed by atoms with E-state index in [1.54, 1.807) is 18.2 Å². The standard InChI is InChI=1S/C17H24ClNO3/c1-13-10-19(11-14(2)22-13)7-3-4-8-21-17-6-5-16(18)9-15(17)12-20/h5-6,9,12-14H,3-4,7-8,10-11H2,1-2H3/t13-,14-/m0/s1. The summed E-state index contributed by atoms with van der Waals surface area (Å²) < 4.78 is 11.4. The molecule has 0 N–H and O–H groups in total. The van der Waals surface area contributed by atoms with Gasteiger partial charge in [0.2, 0.25) is 0 Å². The zero-order chi connectivity index (χ0) is 15.9. The van der Waals surface area contributed by atoms with Crippen molar-refractivity contribution >= 4 is 17.9 Å². The Labute approximate surface area is 137 Å². The van der Waals surface area contributed by atoms with Crippen LogP contribution >= 0.6 is 11.6 Å². The first-order valence-electron chi connectivity index (χ1n) is 7.84. The van der Waals surface area contributed by atoms with Crippen LogP contribution in [-0.4, -0.2) is 49.6 Å². The molecule has 1 aliphatic heterocycles. The largest absolute Gasteiger partial charge is 0.493 e. The Kier molecular flexibility index (Phi) is 6.68. The number of ether oxygens (including phenoxy) is 2. The van der Waals surface area contributed by atoms with E-state index in [4.69, 9.17) is 21.1 Å². The molecule has 0 unspecified atom stereocenters. The SMILES string of the molecule is C[C@H]1CN(CCCCOc2ccc(Cl)cc2C=O)C[C@H](C)O1. The van der Waals surface area contributed by atoms with Gasteiger partial charge < -0.3 is 9.47 Å². The molecular formula is C17H24ClNO3. The van der Waals surface area contributed by atoms with Gasteiger partial charge in [0, 0.05) is 18.1 Å². The first kappa shape index (κ1) is 17.3. The lowest BCUT2D eigenvalue weighted by Crippen LogP contribution is -2.45. The molecule has 1 saturated heterocycles. The molecule has 0 radical (unpaired) electrons. The van der Waals surface area contributed by atoms with E-state index in [-0.39, 0.29) is 0 Å². The van der Waals surface area contributed by atoms with Crippen LogP contribution < -0.4 is 4.74 Å². The molecule has 0 aliphatic carbocycles. The molecule has 122 valence electrons. The van der Waals surface area contributed by atoms with E-state index in [2.05, 4.69) is 18.7 Å². The van der Waals surface area contributed by atoms with Gasteiger partial charge in [-0.05, 0) is 51.4 Å². The smallest absolute Gasteiger partial charge is 0.153 e. The summed E-state index contributed by atoms with van der Waals surface area (Å²) in [4.78, 5) is 13.4. The molecule has 0 saturated carbocycles. The van der Waals surface area contributed by atoms with Gasteiger partial charge in [0.05, 0.1) is 24.4 Å². The van der Waals surface area contributed by atoms with Crippen molar-refractivity contribution in [1.82, 2.24) is 4.90 Å². The van der Waals surface area contributed by atoms with Gasteiger partial charge in [-0.1, -0.05) is 11.6 Å². The molecule has 1 heterocycles. The van der Waals surface area contributed by atoms with Crippen LogP contribution in [-0.2, 0) is 4.74 Å². The third-order valence-corrected chi connectivity index (χ3v) is 3.96. The molecule has 1 aromatic carbocycles. The van der Waals surface area contributed by atoms with Crippen molar-refractivity contribution in [2.75, 3.05) is 26.2 Å². The maximum absolute atomic E-state index is 11.0. The van der Waals surface area contributed by atoms with Crippen molar-refractivity contribution in [2.24, 2.45) is 0 Å². The first-order valence-corrected chi connectivity index (χ1v) is 8.21. The molecule has 2 atom stereocenters. The Morgan fingerprint density at radius 2 is 2.05 bits per heavy atom. The van der Waals surface area contributed by atoms with E-state index in [0.29, 0.717) is 35.2 Å². The molecule has 2 rings (SSSR count). The second-order valence-corrected chi connectivity index (χ2v) is 6.31. The Hall–Kier alpha value is -1.10. The fourth-order valence-corrected chi connectivity index (χ4v) is 3.01. The number of aldehydes is 1. The molecule has 0 spiro atoms. The van der Waals surface area contributed by atoms with Gasteiger partial charge in [0.1, 0.15) is 5.75 Å². The number of morpholine rings is 1. The number of benzene rings is 1. The summed E-state index contributed by atoms with van der Waals surface area (Å²) >= 11 is 5.86. The zero-order valence-corrected chi connectivity index (χ0v) is 14.0. The Morgan fingerprint density at radius 3 is 2.73 bits per heavy atom. The Balaban J connectivity index is 1.68. The van der Waals surface area contributed by atoms with Crippen LogP contribution in [0.25, 0.3) is 0 Å². The van der Waals surface area contributed by atoms with Crippen LogP contribution in [0.2, 0.25) is 5.02 Å². The topological polar surface area (TPSA) is 38.8 Å². The number of halogens is 1. The van der Waals surface area contributed by atoms with Gasteiger partial charge in [-0.3, -0.25) is 9.69 Å². The number of unbranched alkanes of at least 4 members (excludes halogenated alkanes) is 1. The summed E-state index contributed by atoms with van der Waals surface area (Å²) in [6, 6.07) is 5.11. The fourth-order valence-electron chi connectivity index (χ4n) is 2.83. The second kappa shape index (κ2) is 8.51. The molecule has 22 heavy (non-hydrogen) atoms. The highest BCUT2D eigenvalue weighted by Crippen LogP contribution is 2.21. The lowest BCUT2D eigenvalue weighted by atomic mass is 10.2. The lowest BCUT2D eigenvalue weighted by Gasteiger charge is -2.35. The minimum absolute atomic E-state index is 0.309. The Morgan fingerprint density at radius 1 is 1.32 bits per heavy atom. The third-order valence-electron chi connectivity index (χ3n) is 3.72. The summed E-state index contributed by atoms with van der Waals surface area (Å²) in [5, 5.41) is 0.546. The highest BCUT2D eigenvalue weighted by Gasteiger charge is 2.21. The molecule has 0 bridgehead atoms. The van der Waals surface area contributed by atoms with E-state index in [1.807, 2.05) is 0 Å². The van der Waals surface area contributed by atoms with Gasteiger partial charge in [0.25, 0.3) is 0 Å². The fraction of sp³-hybridized carbons (Fsp3) is 0.588. The van der Waals surface area contributed by atoms with Gasteiger partial charge in [-0.25, -0.2) is 0 Å². The lowest BCUT2D eigenvalue weighted by molar-refractivity contribution is -0.0682. The van der Waals surface area contributed by atoms with Crippen molar-refractivity contribution in [3.8, 4) is 5.75 Å². The highest BCUT2D eigenvalue weighted by molar-refractivity contribution is 6.30. The molecule has 5 heteroatoms. The minimum Gasteiger partial charge on any atom is -0.493 e. The summed E-state index contributed by atoms with van der Waals surface area (Å²) in [7, 11) is 0. The normalized spacial score (nSPS) is 22.5. The molecule has 1 fully saturated rings. The van der Waals surface area contributed by atoms with E-state index in [0.717, 1.165) is 38.8 Å². The number of carbonyl (C=O) groups excluding carboxylic acids is 1. The van der Waals surface area contributed by atoms with Crippen LogP contribution in [0.5, 0.6) is 5.75 Å². The second-order valence-electron chi connectivity index (χ2n) is 5.87. The number of hydrogen-bond acceptors (Lipinski definition) is 4. The predicted octanol–water partition coefficient (Wildman–Crippen LogP) is 3.42. The third kappa shape index (κ3) is 5.27. The van der Waals surface area contributed by atoms with E-state index >= 15 is 0 Å². The number of hydrogen-bond donors (Lipinski definition) is 0. The van der Waals surface area contributed by atoms with Crippen molar-refractivity contribution in [3.63, 3.8) is 0 Å². The van der Waals surface area contributed by atoms with Gasteiger partial charge in [-0.15, -0.1) is 0 Å².